The van der Waals surface area contributed by atoms with Gasteiger partial charge in [-0.15, -0.1) is 0 Å². The van der Waals surface area contributed by atoms with Gasteiger partial charge < -0.3 is 14.4 Å². The van der Waals surface area contributed by atoms with Gasteiger partial charge in [-0.2, -0.15) is 18.2 Å². The molecule has 3 aromatic carbocycles. The third-order valence-corrected chi connectivity index (χ3v) is 6.93. The highest BCUT2D eigenvalue weighted by Gasteiger charge is 2.31. The van der Waals surface area contributed by atoms with Gasteiger partial charge in [0.2, 0.25) is 5.82 Å². The second-order valence-corrected chi connectivity index (χ2v) is 9.52. The van der Waals surface area contributed by atoms with E-state index in [1.807, 2.05) is 59.6 Å². The molecule has 10 heteroatoms. The zero-order valence-electron chi connectivity index (χ0n) is 20.8. The number of rotatable bonds is 5. The SMILES string of the molecule is O=C(c1cccc2cc[nH]c12)N1CCN(Cc2cccc(-c3noc(-c4cccc(C(F)(F)F)c4)n3)c2)CC1. The van der Waals surface area contributed by atoms with E-state index >= 15 is 0 Å². The largest absolute Gasteiger partial charge is 0.416 e. The summed E-state index contributed by atoms with van der Waals surface area (Å²) in [6, 6.07) is 20.2. The van der Waals surface area contributed by atoms with Gasteiger partial charge in [-0.3, -0.25) is 9.69 Å². The van der Waals surface area contributed by atoms with E-state index in [1.54, 1.807) is 0 Å². The topological polar surface area (TPSA) is 78.3 Å². The van der Waals surface area contributed by atoms with Crippen LogP contribution >= 0.6 is 0 Å². The number of carbonyl (C=O) groups excluding carboxylic acids is 1. The molecular formula is C29H24F3N5O2. The maximum atomic E-state index is 13.2. The molecule has 3 heterocycles. The minimum absolute atomic E-state index is 0.0253. The molecule has 0 spiro atoms. The van der Waals surface area contributed by atoms with Crippen LogP contribution in [-0.2, 0) is 12.7 Å². The van der Waals surface area contributed by atoms with Crippen LogP contribution in [0.5, 0.6) is 0 Å². The maximum absolute atomic E-state index is 13.2. The average molecular weight is 532 g/mol. The Kier molecular flexibility index (Phi) is 6.40. The number of halogens is 3. The van der Waals surface area contributed by atoms with Crippen LogP contribution in [-0.4, -0.2) is 57.0 Å². The van der Waals surface area contributed by atoms with Gasteiger partial charge in [0.25, 0.3) is 11.8 Å². The highest BCUT2D eigenvalue weighted by molar-refractivity contribution is 6.05. The summed E-state index contributed by atoms with van der Waals surface area (Å²) >= 11 is 0. The van der Waals surface area contributed by atoms with Gasteiger partial charge in [0.1, 0.15) is 0 Å². The number of nitrogens with one attached hydrogen (secondary N) is 1. The summed E-state index contributed by atoms with van der Waals surface area (Å²) in [4.78, 5) is 24.8. The Morgan fingerprint density at radius 1 is 0.923 bits per heavy atom. The Hall–Kier alpha value is -4.44. The van der Waals surface area contributed by atoms with Gasteiger partial charge in [0.05, 0.1) is 16.6 Å². The van der Waals surface area contributed by atoms with E-state index in [9.17, 15) is 18.0 Å². The van der Waals surface area contributed by atoms with Crippen molar-refractivity contribution in [3.8, 4) is 22.8 Å². The van der Waals surface area contributed by atoms with E-state index in [-0.39, 0.29) is 17.4 Å². The molecule has 0 aliphatic carbocycles. The van der Waals surface area contributed by atoms with Gasteiger partial charge in [-0.05, 0) is 42.0 Å². The molecule has 0 radical (unpaired) electrons. The Morgan fingerprint density at radius 2 is 1.69 bits per heavy atom. The van der Waals surface area contributed by atoms with Gasteiger partial charge in [-0.25, -0.2) is 0 Å². The van der Waals surface area contributed by atoms with Crippen LogP contribution in [0.4, 0.5) is 13.2 Å². The predicted octanol–water partition coefficient (Wildman–Crippen LogP) is 5.86. The molecule has 6 rings (SSSR count). The third kappa shape index (κ3) is 5.15. The number of nitrogens with zero attached hydrogens (tertiary/aromatic N) is 4. The number of hydrogen-bond donors (Lipinski definition) is 1. The van der Waals surface area contributed by atoms with Crippen LogP contribution in [0.15, 0.2) is 83.5 Å². The zero-order chi connectivity index (χ0) is 27.0. The smallest absolute Gasteiger partial charge is 0.361 e. The highest BCUT2D eigenvalue weighted by Crippen LogP contribution is 2.32. The van der Waals surface area contributed by atoms with Crippen molar-refractivity contribution in [1.29, 1.82) is 0 Å². The van der Waals surface area contributed by atoms with Crippen molar-refractivity contribution in [2.45, 2.75) is 12.7 Å². The van der Waals surface area contributed by atoms with Gasteiger partial charge >= 0.3 is 6.18 Å². The van der Waals surface area contributed by atoms with Crippen molar-refractivity contribution in [2.75, 3.05) is 26.2 Å². The van der Waals surface area contributed by atoms with Gasteiger partial charge in [0, 0.05) is 55.4 Å². The fourth-order valence-corrected chi connectivity index (χ4v) is 4.90. The lowest BCUT2D eigenvalue weighted by Crippen LogP contribution is -2.48. The molecule has 198 valence electrons. The van der Waals surface area contributed by atoms with Crippen LogP contribution in [0, 0.1) is 0 Å². The molecule has 39 heavy (non-hydrogen) atoms. The molecule has 1 saturated heterocycles. The summed E-state index contributed by atoms with van der Waals surface area (Å²) in [5.74, 6) is 0.355. The normalized spacial score (nSPS) is 14.7. The van der Waals surface area contributed by atoms with Crippen molar-refractivity contribution in [1.82, 2.24) is 24.9 Å². The Labute approximate surface area is 221 Å². The Bertz CT molecular complexity index is 1630. The minimum atomic E-state index is -4.46. The zero-order valence-corrected chi connectivity index (χ0v) is 20.8. The fraction of sp³-hybridized carbons (Fsp3) is 0.207. The summed E-state index contributed by atoms with van der Waals surface area (Å²) in [5.41, 5.74) is 2.73. The van der Waals surface area contributed by atoms with E-state index < -0.39 is 11.7 Å². The first-order valence-electron chi connectivity index (χ1n) is 12.5. The molecule has 1 fully saturated rings. The number of fused-ring (bicyclic) bond motifs is 1. The molecule has 0 bridgehead atoms. The van der Waals surface area contributed by atoms with E-state index in [0.29, 0.717) is 36.6 Å². The standard InChI is InChI=1S/C29H24F3N5O2/c30-29(31,32)23-8-2-7-22(17-23)27-34-26(35-39-27)21-6-1-4-19(16-21)18-36-12-14-37(15-13-36)28(38)24-9-3-5-20-10-11-33-25(20)24/h1-11,16-17,33H,12-15,18H2. The van der Waals surface area contributed by atoms with E-state index in [1.165, 1.54) is 12.1 Å². The molecule has 1 aliphatic heterocycles. The van der Waals surface area contributed by atoms with E-state index in [0.717, 1.165) is 41.7 Å². The van der Waals surface area contributed by atoms with Crippen molar-refractivity contribution >= 4 is 16.8 Å². The number of aromatic nitrogens is 3. The van der Waals surface area contributed by atoms with E-state index in [2.05, 4.69) is 20.0 Å². The summed E-state index contributed by atoms with van der Waals surface area (Å²) in [7, 11) is 0. The first kappa shape index (κ1) is 24.9. The van der Waals surface area contributed by atoms with Crippen LogP contribution in [0.1, 0.15) is 21.5 Å². The molecule has 0 saturated carbocycles. The summed E-state index contributed by atoms with van der Waals surface area (Å²) in [6.07, 6.45) is -2.61. The molecule has 1 amide bonds. The molecule has 7 nitrogen and oxygen atoms in total. The van der Waals surface area contributed by atoms with Gasteiger partial charge in [-0.1, -0.05) is 41.6 Å². The number of aromatic amines is 1. The van der Waals surface area contributed by atoms with Crippen molar-refractivity contribution in [3.05, 3.63) is 95.7 Å². The third-order valence-electron chi connectivity index (χ3n) is 6.93. The number of H-pyrrole nitrogens is 1. The number of amides is 1. The van der Waals surface area contributed by atoms with Crippen LogP contribution in [0.3, 0.4) is 0 Å². The molecule has 1 N–H and O–H groups in total. The molecule has 1 aliphatic rings. The quantitative estimate of drug-likeness (QED) is 0.307. The molecule has 0 unspecified atom stereocenters. The number of piperazine rings is 1. The second kappa shape index (κ2) is 10.0. The van der Waals surface area contributed by atoms with Crippen molar-refractivity contribution in [2.24, 2.45) is 0 Å². The van der Waals surface area contributed by atoms with Crippen molar-refractivity contribution < 1.29 is 22.5 Å². The predicted molar refractivity (Wildman–Crippen MR) is 140 cm³/mol. The molecule has 2 aromatic heterocycles. The maximum Gasteiger partial charge on any atom is 0.416 e. The first-order chi connectivity index (χ1) is 18.8. The number of para-hydroxylation sites is 1. The lowest BCUT2D eigenvalue weighted by molar-refractivity contribution is -0.137. The fourth-order valence-electron chi connectivity index (χ4n) is 4.90. The Morgan fingerprint density at radius 3 is 2.51 bits per heavy atom. The summed E-state index contributed by atoms with van der Waals surface area (Å²) in [6.45, 7) is 3.40. The van der Waals surface area contributed by atoms with Crippen LogP contribution in [0.25, 0.3) is 33.7 Å². The van der Waals surface area contributed by atoms with Crippen LogP contribution < -0.4 is 0 Å². The monoisotopic (exact) mass is 531 g/mol. The summed E-state index contributed by atoms with van der Waals surface area (Å²) < 4.78 is 44.5. The number of benzene rings is 3. The van der Waals surface area contributed by atoms with Crippen LogP contribution in [0.2, 0.25) is 0 Å². The molecular weight excluding hydrogens is 507 g/mol. The second-order valence-electron chi connectivity index (χ2n) is 9.52. The molecule has 0 atom stereocenters. The highest BCUT2D eigenvalue weighted by atomic mass is 19.4. The van der Waals surface area contributed by atoms with E-state index in [4.69, 9.17) is 4.52 Å². The van der Waals surface area contributed by atoms with Gasteiger partial charge in [0.15, 0.2) is 0 Å². The summed E-state index contributed by atoms with van der Waals surface area (Å²) in [5, 5.41) is 5.01. The average Bonchev–Trinajstić information content (AvgIpc) is 3.63. The lowest BCUT2D eigenvalue weighted by atomic mass is 10.1. The molecule has 5 aromatic rings. The number of hydrogen-bond acceptors (Lipinski definition) is 5. The minimum Gasteiger partial charge on any atom is -0.361 e. The lowest BCUT2D eigenvalue weighted by Gasteiger charge is -2.35. The van der Waals surface area contributed by atoms with Crippen molar-refractivity contribution in [3.63, 3.8) is 0 Å². The number of alkyl halides is 3. The Balaban J connectivity index is 1.11. The number of carbonyl (C=O) groups is 1. The first-order valence-corrected chi connectivity index (χ1v) is 12.5.